The first-order valence-corrected chi connectivity index (χ1v) is 11.1. The Morgan fingerprint density at radius 2 is 1.97 bits per heavy atom. The Balaban J connectivity index is 1.65. The molecule has 1 aromatic carbocycles. The number of hydrogen-bond donors (Lipinski definition) is 2. The van der Waals surface area contributed by atoms with Crippen LogP contribution in [-0.2, 0) is 16.0 Å². The summed E-state index contributed by atoms with van der Waals surface area (Å²) in [5, 5.41) is 15.4. The lowest BCUT2D eigenvalue weighted by Gasteiger charge is -2.34. The molecule has 0 aliphatic carbocycles. The third-order valence-corrected chi connectivity index (χ3v) is 5.89. The first-order valence-electron chi connectivity index (χ1n) is 11.1. The molecule has 0 spiro atoms. The number of nitriles is 1. The number of ether oxygens (including phenoxy) is 1. The maximum absolute atomic E-state index is 13.1. The average Bonchev–Trinajstić information content (AvgIpc) is 2.78. The molecule has 8 nitrogen and oxygen atoms in total. The third-order valence-electron chi connectivity index (χ3n) is 5.89. The van der Waals surface area contributed by atoms with E-state index in [1.54, 1.807) is 7.11 Å². The summed E-state index contributed by atoms with van der Waals surface area (Å²) in [6.45, 7) is 6.63. The molecule has 0 bridgehead atoms. The average molecular weight is 450 g/mol. The highest BCUT2D eigenvalue weighted by Gasteiger charge is 2.27. The number of piperidine rings is 1. The molecule has 1 saturated heterocycles. The van der Waals surface area contributed by atoms with E-state index >= 15 is 0 Å². The van der Waals surface area contributed by atoms with Crippen LogP contribution in [0.4, 0.5) is 5.82 Å². The van der Waals surface area contributed by atoms with Crippen LogP contribution in [0.3, 0.4) is 0 Å². The molecule has 3 rings (SSSR count). The van der Waals surface area contributed by atoms with Crippen molar-refractivity contribution < 1.29 is 14.3 Å². The number of nitrogens with one attached hydrogen (secondary N) is 2. The van der Waals surface area contributed by atoms with Crippen molar-refractivity contribution in [1.29, 1.82) is 5.26 Å². The summed E-state index contributed by atoms with van der Waals surface area (Å²) in [6.07, 6.45) is 1.80. The number of benzene rings is 1. The van der Waals surface area contributed by atoms with E-state index in [-0.39, 0.29) is 17.9 Å². The predicted octanol–water partition coefficient (Wildman–Crippen LogP) is 2.41. The number of hydrogen-bond acceptors (Lipinski definition) is 6. The fourth-order valence-corrected chi connectivity index (χ4v) is 4.27. The molecule has 2 heterocycles. The highest BCUT2D eigenvalue weighted by molar-refractivity contribution is 5.87. The summed E-state index contributed by atoms with van der Waals surface area (Å²) in [7, 11) is 1.59. The van der Waals surface area contributed by atoms with Crippen LogP contribution in [0.2, 0.25) is 0 Å². The Morgan fingerprint density at radius 1 is 1.27 bits per heavy atom. The SMILES string of the molecule is COc1ccccc1CC(NC(C)=O)C(=O)NC1CCN(c2nc(C)cc(C)c2C#N)CC1. The van der Waals surface area contributed by atoms with E-state index in [0.717, 1.165) is 29.7 Å². The molecule has 1 aliphatic rings. The van der Waals surface area contributed by atoms with Gasteiger partial charge in [-0.3, -0.25) is 9.59 Å². The maximum Gasteiger partial charge on any atom is 0.243 e. The van der Waals surface area contributed by atoms with Crippen LogP contribution in [0, 0.1) is 25.2 Å². The van der Waals surface area contributed by atoms with E-state index in [0.29, 0.717) is 36.6 Å². The fraction of sp³-hybridized carbons (Fsp3) is 0.440. The van der Waals surface area contributed by atoms with Crippen molar-refractivity contribution in [3.63, 3.8) is 0 Å². The highest BCUT2D eigenvalue weighted by Crippen LogP contribution is 2.25. The van der Waals surface area contributed by atoms with Gasteiger partial charge in [0, 0.05) is 38.2 Å². The molecule has 8 heteroatoms. The molecule has 1 aliphatic heterocycles. The van der Waals surface area contributed by atoms with Crippen LogP contribution in [0.5, 0.6) is 5.75 Å². The van der Waals surface area contributed by atoms with Crippen molar-refractivity contribution in [3.8, 4) is 11.8 Å². The number of methoxy groups -OCH3 is 1. The normalized spacial score (nSPS) is 14.8. The van der Waals surface area contributed by atoms with Gasteiger partial charge in [-0.1, -0.05) is 18.2 Å². The second-order valence-corrected chi connectivity index (χ2v) is 8.43. The van der Waals surface area contributed by atoms with Gasteiger partial charge in [0.15, 0.2) is 0 Å². The van der Waals surface area contributed by atoms with E-state index in [4.69, 9.17) is 4.74 Å². The van der Waals surface area contributed by atoms with Gasteiger partial charge < -0.3 is 20.3 Å². The molecule has 0 saturated carbocycles. The van der Waals surface area contributed by atoms with Crippen LogP contribution >= 0.6 is 0 Å². The lowest BCUT2D eigenvalue weighted by molar-refractivity contribution is -0.128. The minimum absolute atomic E-state index is 0.0147. The summed E-state index contributed by atoms with van der Waals surface area (Å²) in [6, 6.07) is 11.0. The van der Waals surface area contributed by atoms with E-state index in [2.05, 4.69) is 26.6 Å². The molecule has 0 radical (unpaired) electrons. The molecule has 33 heavy (non-hydrogen) atoms. The van der Waals surface area contributed by atoms with E-state index in [1.165, 1.54) is 6.92 Å². The van der Waals surface area contributed by atoms with Gasteiger partial charge in [0.1, 0.15) is 23.7 Å². The second kappa shape index (κ2) is 10.8. The van der Waals surface area contributed by atoms with Gasteiger partial charge in [-0.05, 0) is 49.9 Å². The first kappa shape index (κ1) is 24.1. The monoisotopic (exact) mass is 449 g/mol. The summed E-state index contributed by atoms with van der Waals surface area (Å²) in [5.41, 5.74) is 3.26. The number of para-hydroxylation sites is 1. The molecule has 1 atom stereocenters. The Hall–Kier alpha value is -3.60. The maximum atomic E-state index is 13.1. The van der Waals surface area contributed by atoms with Crippen LogP contribution in [0.1, 0.15) is 42.1 Å². The van der Waals surface area contributed by atoms with Gasteiger partial charge in [0.25, 0.3) is 0 Å². The van der Waals surface area contributed by atoms with E-state index < -0.39 is 6.04 Å². The van der Waals surface area contributed by atoms with Gasteiger partial charge >= 0.3 is 0 Å². The summed E-state index contributed by atoms with van der Waals surface area (Å²) < 4.78 is 5.39. The molecule has 1 fully saturated rings. The van der Waals surface area contributed by atoms with Gasteiger partial charge in [0.05, 0.1) is 12.7 Å². The number of aryl methyl sites for hydroxylation is 2. The zero-order valence-corrected chi connectivity index (χ0v) is 19.6. The number of carbonyl (C=O) groups excluding carboxylic acids is 2. The standard InChI is InChI=1S/C25H31N5O3/c1-16-13-17(2)27-24(21(16)15-26)30-11-9-20(10-12-30)29-25(32)22(28-18(3)31)14-19-7-5-6-8-23(19)33-4/h5-8,13,20,22H,9-12,14H2,1-4H3,(H,28,31)(H,29,32). The minimum atomic E-state index is -0.692. The second-order valence-electron chi connectivity index (χ2n) is 8.43. The minimum Gasteiger partial charge on any atom is -0.496 e. The molecule has 2 aromatic rings. The quantitative estimate of drug-likeness (QED) is 0.672. The van der Waals surface area contributed by atoms with Crippen molar-refractivity contribution in [2.24, 2.45) is 0 Å². The van der Waals surface area contributed by atoms with Gasteiger partial charge in [-0.25, -0.2) is 4.98 Å². The van der Waals surface area contributed by atoms with Crippen molar-refractivity contribution in [2.45, 2.75) is 52.1 Å². The molecule has 174 valence electrons. The predicted molar refractivity (Wildman–Crippen MR) is 126 cm³/mol. The number of amides is 2. The smallest absolute Gasteiger partial charge is 0.243 e. The summed E-state index contributed by atoms with van der Waals surface area (Å²) in [4.78, 5) is 31.5. The number of rotatable bonds is 7. The molecule has 1 unspecified atom stereocenters. The van der Waals surface area contributed by atoms with Crippen LogP contribution < -0.4 is 20.3 Å². The summed E-state index contributed by atoms with van der Waals surface area (Å²) >= 11 is 0. The number of pyridine rings is 1. The van der Waals surface area contributed by atoms with Gasteiger partial charge in [-0.15, -0.1) is 0 Å². The summed E-state index contributed by atoms with van der Waals surface area (Å²) in [5.74, 6) is 0.928. The molecular formula is C25H31N5O3. The molecular weight excluding hydrogens is 418 g/mol. The third kappa shape index (κ3) is 6.01. The van der Waals surface area contributed by atoms with E-state index in [1.807, 2.05) is 44.2 Å². The number of nitrogens with zero attached hydrogens (tertiary/aromatic N) is 3. The van der Waals surface area contributed by atoms with E-state index in [9.17, 15) is 14.9 Å². The zero-order chi connectivity index (χ0) is 24.0. The fourth-order valence-electron chi connectivity index (χ4n) is 4.27. The number of anilines is 1. The Labute approximate surface area is 195 Å². The topological polar surface area (TPSA) is 107 Å². The highest BCUT2D eigenvalue weighted by atomic mass is 16.5. The number of aromatic nitrogens is 1. The Morgan fingerprint density at radius 3 is 2.61 bits per heavy atom. The molecule has 2 amide bonds. The van der Waals surface area contributed by atoms with Crippen molar-refractivity contribution >= 4 is 17.6 Å². The Kier molecular flexibility index (Phi) is 7.88. The van der Waals surface area contributed by atoms with Crippen LogP contribution in [0.15, 0.2) is 30.3 Å². The molecule has 2 N–H and O–H groups in total. The number of carbonyl (C=O) groups is 2. The lowest BCUT2D eigenvalue weighted by Crippen LogP contribution is -2.52. The lowest BCUT2D eigenvalue weighted by atomic mass is 10.0. The zero-order valence-electron chi connectivity index (χ0n) is 19.6. The van der Waals surface area contributed by atoms with Crippen molar-refractivity contribution in [1.82, 2.24) is 15.6 Å². The Bertz CT molecular complexity index is 1050. The van der Waals surface area contributed by atoms with Crippen LogP contribution in [-0.4, -0.2) is 49.1 Å². The molecule has 1 aromatic heterocycles. The first-order chi connectivity index (χ1) is 15.8. The van der Waals surface area contributed by atoms with Gasteiger partial charge in [0.2, 0.25) is 11.8 Å². The van der Waals surface area contributed by atoms with Crippen molar-refractivity contribution in [2.75, 3.05) is 25.1 Å². The van der Waals surface area contributed by atoms with Crippen molar-refractivity contribution in [3.05, 3.63) is 52.7 Å². The largest absolute Gasteiger partial charge is 0.496 e. The van der Waals surface area contributed by atoms with Crippen LogP contribution in [0.25, 0.3) is 0 Å². The van der Waals surface area contributed by atoms with Gasteiger partial charge in [-0.2, -0.15) is 5.26 Å².